The van der Waals surface area contributed by atoms with Gasteiger partial charge in [-0.25, -0.2) is 0 Å². The molecule has 1 aromatic carbocycles. The quantitative estimate of drug-likeness (QED) is 0.693. The van der Waals surface area contributed by atoms with E-state index in [-0.39, 0.29) is 12.5 Å². The van der Waals surface area contributed by atoms with E-state index in [9.17, 15) is 9.90 Å². The van der Waals surface area contributed by atoms with Crippen molar-refractivity contribution < 1.29 is 14.3 Å². The van der Waals surface area contributed by atoms with Gasteiger partial charge in [0, 0.05) is 10.9 Å². The van der Waals surface area contributed by atoms with Gasteiger partial charge < -0.3 is 19.8 Å². The minimum atomic E-state index is -0.560. The Hall–Kier alpha value is -2.53. The third-order valence-corrected chi connectivity index (χ3v) is 3.82. The zero-order valence-corrected chi connectivity index (χ0v) is 12.5. The van der Waals surface area contributed by atoms with E-state index >= 15 is 0 Å². The molecule has 2 aromatic heterocycles. The number of aliphatic hydroxyl groups excluding tert-OH is 1. The van der Waals surface area contributed by atoms with E-state index in [1.54, 1.807) is 12.1 Å². The summed E-state index contributed by atoms with van der Waals surface area (Å²) in [6, 6.07) is 8.90. The van der Waals surface area contributed by atoms with Crippen LogP contribution in [0.5, 0.6) is 0 Å². The number of aromatic nitrogens is 1. The molecule has 114 valence electrons. The summed E-state index contributed by atoms with van der Waals surface area (Å²) in [5, 5.41) is 13.3. The van der Waals surface area contributed by atoms with Gasteiger partial charge in [0.1, 0.15) is 17.5 Å². The third kappa shape index (κ3) is 2.51. The Morgan fingerprint density at radius 1 is 1.36 bits per heavy atom. The number of rotatable bonds is 4. The van der Waals surface area contributed by atoms with Gasteiger partial charge in [0.15, 0.2) is 0 Å². The minimum Gasteiger partial charge on any atom is -0.467 e. The first kappa shape index (κ1) is 14.4. The molecule has 0 aliphatic carbocycles. The zero-order chi connectivity index (χ0) is 15.7. The highest BCUT2D eigenvalue weighted by molar-refractivity contribution is 6.01. The topological polar surface area (TPSA) is 78.3 Å². The molecule has 3 rings (SSSR count). The number of aliphatic hydroxyl groups is 1. The van der Waals surface area contributed by atoms with Gasteiger partial charge in [-0.2, -0.15) is 0 Å². The van der Waals surface area contributed by atoms with Gasteiger partial charge in [-0.3, -0.25) is 4.79 Å². The molecule has 0 aliphatic heterocycles. The number of amides is 1. The van der Waals surface area contributed by atoms with Gasteiger partial charge in [-0.05, 0) is 43.7 Å². The Kier molecular flexibility index (Phi) is 3.73. The number of H-pyrrole nitrogens is 1. The number of hydrogen-bond acceptors (Lipinski definition) is 3. The molecule has 0 saturated carbocycles. The average molecular weight is 298 g/mol. The fourth-order valence-corrected chi connectivity index (χ4v) is 2.59. The van der Waals surface area contributed by atoms with E-state index in [0.29, 0.717) is 11.5 Å². The second-order valence-corrected chi connectivity index (χ2v) is 5.40. The lowest BCUT2D eigenvalue weighted by molar-refractivity contribution is 0.0902. The fourth-order valence-electron chi connectivity index (χ4n) is 2.59. The van der Waals surface area contributed by atoms with Crippen LogP contribution >= 0.6 is 0 Å². The van der Waals surface area contributed by atoms with Crippen molar-refractivity contribution in [1.29, 1.82) is 0 Å². The van der Waals surface area contributed by atoms with E-state index in [1.807, 2.05) is 32.0 Å². The molecule has 5 heteroatoms. The van der Waals surface area contributed by atoms with E-state index in [0.717, 1.165) is 22.0 Å². The maximum atomic E-state index is 12.5. The van der Waals surface area contributed by atoms with Crippen LogP contribution in [0.3, 0.4) is 0 Å². The van der Waals surface area contributed by atoms with Crippen molar-refractivity contribution in [3.8, 4) is 0 Å². The van der Waals surface area contributed by atoms with Gasteiger partial charge in [0.25, 0.3) is 5.91 Å². The highest BCUT2D eigenvalue weighted by atomic mass is 16.3. The maximum absolute atomic E-state index is 12.5. The normalized spacial score (nSPS) is 12.5. The molecule has 1 atom stereocenters. The smallest absolute Gasteiger partial charge is 0.268 e. The number of furan rings is 1. The van der Waals surface area contributed by atoms with Crippen LogP contribution in [0.4, 0.5) is 0 Å². The summed E-state index contributed by atoms with van der Waals surface area (Å²) in [7, 11) is 0. The standard InChI is InChI=1S/C17H18N2O3/c1-10-5-6-13-12(8-10)11(2)16(18-13)17(21)19-14(9-20)15-4-3-7-22-15/h3-8,14,18,20H,9H2,1-2H3,(H,19,21). The Bertz CT molecular complexity index is 803. The highest BCUT2D eigenvalue weighted by Crippen LogP contribution is 2.23. The molecule has 0 spiro atoms. The lowest BCUT2D eigenvalue weighted by Gasteiger charge is -2.13. The number of aromatic amines is 1. The number of carbonyl (C=O) groups is 1. The number of benzene rings is 1. The molecule has 3 N–H and O–H groups in total. The van der Waals surface area contributed by atoms with Gasteiger partial charge in [0.05, 0.1) is 12.9 Å². The van der Waals surface area contributed by atoms with Crippen LogP contribution in [0.2, 0.25) is 0 Å². The molecule has 2 heterocycles. The number of carbonyl (C=O) groups excluding carboxylic acids is 1. The summed E-state index contributed by atoms with van der Waals surface area (Å²) < 4.78 is 5.24. The minimum absolute atomic E-state index is 0.225. The molecule has 22 heavy (non-hydrogen) atoms. The Balaban J connectivity index is 1.90. The summed E-state index contributed by atoms with van der Waals surface area (Å²) in [5.41, 5.74) is 3.47. The van der Waals surface area contributed by atoms with Gasteiger partial charge in [-0.1, -0.05) is 11.6 Å². The number of fused-ring (bicyclic) bond motifs is 1. The van der Waals surface area contributed by atoms with Crippen LogP contribution in [0, 0.1) is 13.8 Å². The van der Waals surface area contributed by atoms with Gasteiger partial charge >= 0.3 is 0 Å². The van der Waals surface area contributed by atoms with Gasteiger partial charge in [-0.15, -0.1) is 0 Å². The molecular formula is C17H18N2O3. The number of nitrogens with one attached hydrogen (secondary N) is 2. The third-order valence-electron chi connectivity index (χ3n) is 3.82. The van der Waals surface area contributed by atoms with E-state index < -0.39 is 6.04 Å². The number of aryl methyl sites for hydroxylation is 2. The molecule has 0 aliphatic rings. The second-order valence-electron chi connectivity index (χ2n) is 5.40. The summed E-state index contributed by atoms with van der Waals surface area (Å²) >= 11 is 0. The first-order valence-electron chi connectivity index (χ1n) is 7.14. The van der Waals surface area contributed by atoms with Crippen molar-refractivity contribution in [3.05, 3.63) is 59.2 Å². The van der Waals surface area contributed by atoms with Crippen LogP contribution in [0.1, 0.15) is 33.4 Å². The maximum Gasteiger partial charge on any atom is 0.268 e. The molecule has 5 nitrogen and oxygen atoms in total. The van der Waals surface area contributed by atoms with E-state index in [1.165, 1.54) is 6.26 Å². The van der Waals surface area contributed by atoms with Crippen molar-refractivity contribution in [2.75, 3.05) is 6.61 Å². The summed E-state index contributed by atoms with van der Waals surface area (Å²) in [6.45, 7) is 3.70. The van der Waals surface area contributed by atoms with Crippen molar-refractivity contribution in [2.45, 2.75) is 19.9 Å². The fraction of sp³-hybridized carbons (Fsp3) is 0.235. The first-order valence-corrected chi connectivity index (χ1v) is 7.14. The molecule has 1 amide bonds. The van der Waals surface area contributed by atoms with Gasteiger partial charge in [0.2, 0.25) is 0 Å². The first-order chi connectivity index (χ1) is 10.6. The number of hydrogen-bond donors (Lipinski definition) is 3. The van der Waals surface area contributed by atoms with Crippen LogP contribution in [0.15, 0.2) is 41.0 Å². The molecular weight excluding hydrogens is 280 g/mol. The predicted octanol–water partition coefficient (Wildman–Crippen LogP) is 2.84. The summed E-state index contributed by atoms with van der Waals surface area (Å²) in [4.78, 5) is 15.6. The summed E-state index contributed by atoms with van der Waals surface area (Å²) in [6.07, 6.45) is 1.51. The van der Waals surface area contributed by atoms with Crippen molar-refractivity contribution in [2.24, 2.45) is 0 Å². The summed E-state index contributed by atoms with van der Waals surface area (Å²) in [5.74, 6) is 0.266. The van der Waals surface area contributed by atoms with Crippen molar-refractivity contribution >= 4 is 16.8 Å². The monoisotopic (exact) mass is 298 g/mol. The second kappa shape index (κ2) is 5.69. The Labute approximate surface area is 128 Å². The Morgan fingerprint density at radius 3 is 2.86 bits per heavy atom. The van der Waals surface area contributed by atoms with E-state index in [2.05, 4.69) is 10.3 Å². The molecule has 3 aromatic rings. The van der Waals surface area contributed by atoms with Crippen molar-refractivity contribution in [3.63, 3.8) is 0 Å². The molecule has 1 unspecified atom stereocenters. The van der Waals surface area contributed by atoms with Crippen molar-refractivity contribution in [1.82, 2.24) is 10.3 Å². The predicted molar refractivity (Wildman–Crippen MR) is 83.8 cm³/mol. The highest BCUT2D eigenvalue weighted by Gasteiger charge is 2.20. The zero-order valence-electron chi connectivity index (χ0n) is 12.5. The molecule has 0 bridgehead atoms. The average Bonchev–Trinajstić information content (AvgIpc) is 3.14. The lowest BCUT2D eigenvalue weighted by atomic mass is 10.1. The largest absolute Gasteiger partial charge is 0.467 e. The molecule has 0 saturated heterocycles. The van der Waals surface area contributed by atoms with E-state index in [4.69, 9.17) is 4.42 Å². The van der Waals surface area contributed by atoms with Crippen LogP contribution in [-0.4, -0.2) is 22.6 Å². The molecule has 0 fully saturated rings. The van der Waals surface area contributed by atoms with Crippen LogP contribution in [0.25, 0.3) is 10.9 Å². The molecule has 0 radical (unpaired) electrons. The Morgan fingerprint density at radius 2 is 2.18 bits per heavy atom. The van der Waals surface area contributed by atoms with Crippen LogP contribution < -0.4 is 5.32 Å². The van der Waals surface area contributed by atoms with Crippen LogP contribution in [-0.2, 0) is 0 Å². The SMILES string of the molecule is Cc1ccc2[nH]c(C(=O)NC(CO)c3ccco3)c(C)c2c1. The lowest BCUT2D eigenvalue weighted by Crippen LogP contribution is -2.31.